The predicted octanol–water partition coefficient (Wildman–Crippen LogP) is 5.89. The number of benzene rings is 2. The van der Waals surface area contributed by atoms with E-state index in [4.69, 9.17) is 29.3 Å². The Morgan fingerprint density at radius 1 is 0.538 bits per heavy atom. The van der Waals surface area contributed by atoms with Crippen LogP contribution in [0.2, 0.25) is 0 Å². The van der Waals surface area contributed by atoms with Crippen LogP contribution in [-0.4, -0.2) is 40.5 Å². The molecule has 2 aromatic rings. The van der Waals surface area contributed by atoms with E-state index in [-0.39, 0.29) is 11.1 Å². The van der Waals surface area contributed by atoms with Crippen LogP contribution in [0.25, 0.3) is 0 Å². The summed E-state index contributed by atoms with van der Waals surface area (Å²) in [5.74, 6) is -4.05. The highest BCUT2D eigenvalue weighted by atomic mass is 17.2. The molecule has 0 aliphatic carbocycles. The molecule has 212 valence electrons. The Kier molecular flexibility index (Phi) is 9.78. The number of hydrogen-bond donors (Lipinski definition) is 0. The number of carbonyl (C=O) groups is 4. The van der Waals surface area contributed by atoms with Crippen molar-refractivity contribution in [3.05, 3.63) is 69.8 Å². The summed E-state index contributed by atoms with van der Waals surface area (Å²) in [4.78, 5) is 83.1. The molecule has 0 bridgehead atoms. The van der Waals surface area contributed by atoms with Gasteiger partial charge in [-0.25, -0.2) is 14.4 Å². The van der Waals surface area contributed by atoms with Crippen LogP contribution in [0.3, 0.4) is 0 Å². The van der Waals surface area contributed by atoms with E-state index in [0.29, 0.717) is 0 Å². The van der Waals surface area contributed by atoms with Crippen molar-refractivity contribution in [3.63, 3.8) is 0 Å². The first-order valence-corrected chi connectivity index (χ1v) is 12.3. The van der Waals surface area contributed by atoms with Gasteiger partial charge in [0.2, 0.25) is 0 Å². The molecule has 0 amide bonds. The van der Waals surface area contributed by atoms with Gasteiger partial charge in [0.1, 0.15) is 16.8 Å². The molecule has 0 radical (unpaired) electrons. The zero-order chi connectivity index (χ0) is 29.8. The number of ketones is 1. The minimum Gasteiger partial charge on any atom is -0.292 e. The van der Waals surface area contributed by atoms with Crippen molar-refractivity contribution in [2.45, 2.75) is 86.0 Å². The Hall–Kier alpha value is -3.60. The van der Waals surface area contributed by atoms with Gasteiger partial charge in [0.05, 0.1) is 16.7 Å². The third-order valence-corrected chi connectivity index (χ3v) is 4.46. The minimum absolute atomic E-state index is 0.0995. The van der Waals surface area contributed by atoms with E-state index in [1.54, 1.807) is 86.6 Å². The van der Waals surface area contributed by atoms with Crippen molar-refractivity contribution < 1.29 is 48.5 Å². The molecule has 39 heavy (non-hydrogen) atoms. The van der Waals surface area contributed by atoms with Gasteiger partial charge in [-0.3, -0.25) is 19.5 Å². The monoisotopic (exact) mass is 544 g/mol. The molecule has 0 aromatic heterocycles. The number of rotatable bonds is 8. The third-order valence-electron chi connectivity index (χ3n) is 4.46. The topological polar surface area (TPSA) is 124 Å². The van der Waals surface area contributed by atoms with Gasteiger partial charge < -0.3 is 0 Å². The molecule has 10 nitrogen and oxygen atoms in total. The molecule has 0 spiro atoms. The maximum Gasteiger partial charge on any atom is 0.374 e. The summed E-state index contributed by atoms with van der Waals surface area (Å²) in [7, 11) is 0. The Morgan fingerprint density at radius 3 is 1.26 bits per heavy atom. The standard InChI is InChI=1S/C29H36O10/c1-17-11-13-18(14-12-17)23(30)19-15-20(24(31)34-37-27(2,3)4)22(26(33)36-39-29(8,9)10)21(16-19)25(32)35-38-28(5,6)7/h11-16H,1-10H3. The van der Waals surface area contributed by atoms with Crippen molar-refractivity contribution in [1.82, 2.24) is 0 Å². The Balaban J connectivity index is 2.74. The second kappa shape index (κ2) is 12.1. The van der Waals surface area contributed by atoms with Gasteiger partial charge in [0.25, 0.3) is 0 Å². The first-order chi connectivity index (χ1) is 17.8. The lowest BCUT2D eigenvalue weighted by Crippen LogP contribution is -2.28. The average molecular weight is 545 g/mol. The summed E-state index contributed by atoms with van der Waals surface area (Å²) in [6.07, 6.45) is 0. The Morgan fingerprint density at radius 2 is 0.897 bits per heavy atom. The highest BCUT2D eigenvalue weighted by molar-refractivity contribution is 6.15. The summed E-state index contributed by atoms with van der Waals surface area (Å²) in [5.41, 5.74) is -3.14. The second-order valence-corrected chi connectivity index (χ2v) is 11.8. The Labute approximate surface area is 228 Å². The molecule has 0 aliphatic rings. The van der Waals surface area contributed by atoms with E-state index in [9.17, 15) is 19.2 Å². The van der Waals surface area contributed by atoms with E-state index in [1.807, 2.05) is 6.92 Å². The summed E-state index contributed by atoms with van der Waals surface area (Å²) in [6.45, 7) is 16.6. The van der Waals surface area contributed by atoms with Crippen molar-refractivity contribution in [1.29, 1.82) is 0 Å². The first-order valence-electron chi connectivity index (χ1n) is 12.3. The lowest BCUT2D eigenvalue weighted by atomic mass is 9.93. The summed E-state index contributed by atoms with van der Waals surface area (Å²) in [6, 6.07) is 8.90. The van der Waals surface area contributed by atoms with Gasteiger partial charge in [-0.2, -0.15) is 14.7 Å². The van der Waals surface area contributed by atoms with Crippen molar-refractivity contribution in [2.75, 3.05) is 0 Å². The molecule has 2 rings (SSSR count). The van der Waals surface area contributed by atoms with Crippen LogP contribution in [0.15, 0.2) is 36.4 Å². The van der Waals surface area contributed by atoms with Crippen LogP contribution >= 0.6 is 0 Å². The summed E-state index contributed by atoms with van der Waals surface area (Å²) < 4.78 is 0. The zero-order valence-corrected chi connectivity index (χ0v) is 24.0. The van der Waals surface area contributed by atoms with Crippen LogP contribution in [0.4, 0.5) is 0 Å². The van der Waals surface area contributed by atoms with Gasteiger partial charge in [0, 0.05) is 11.1 Å². The molecule has 0 aliphatic heterocycles. The lowest BCUT2D eigenvalue weighted by Gasteiger charge is -2.21. The van der Waals surface area contributed by atoms with Crippen LogP contribution in [0, 0.1) is 6.92 Å². The first kappa shape index (κ1) is 31.6. The van der Waals surface area contributed by atoms with Crippen LogP contribution in [-0.2, 0) is 29.3 Å². The summed E-state index contributed by atoms with van der Waals surface area (Å²) in [5, 5.41) is 0. The predicted molar refractivity (Wildman–Crippen MR) is 140 cm³/mol. The van der Waals surface area contributed by atoms with Gasteiger partial charge in [-0.1, -0.05) is 29.8 Å². The second-order valence-electron chi connectivity index (χ2n) is 11.8. The van der Waals surface area contributed by atoms with E-state index in [0.717, 1.165) is 17.7 Å². The minimum atomic E-state index is -1.20. The Bertz CT molecular complexity index is 1170. The normalized spacial score (nSPS) is 12.1. The molecular weight excluding hydrogens is 508 g/mol. The molecule has 0 atom stereocenters. The van der Waals surface area contributed by atoms with E-state index >= 15 is 0 Å². The molecular formula is C29H36O10. The maximum atomic E-state index is 13.4. The molecule has 0 saturated carbocycles. The van der Waals surface area contributed by atoms with Crippen LogP contribution in [0.5, 0.6) is 0 Å². The quantitative estimate of drug-likeness (QED) is 0.226. The van der Waals surface area contributed by atoms with Crippen LogP contribution < -0.4 is 0 Å². The molecule has 0 fully saturated rings. The van der Waals surface area contributed by atoms with Crippen molar-refractivity contribution in [3.8, 4) is 0 Å². The fourth-order valence-electron chi connectivity index (χ4n) is 2.81. The van der Waals surface area contributed by atoms with Gasteiger partial charge in [0.15, 0.2) is 5.78 Å². The molecule has 2 aromatic carbocycles. The van der Waals surface area contributed by atoms with Crippen molar-refractivity contribution >= 4 is 23.7 Å². The zero-order valence-electron chi connectivity index (χ0n) is 24.0. The highest BCUT2D eigenvalue weighted by Crippen LogP contribution is 2.26. The smallest absolute Gasteiger partial charge is 0.292 e. The number of carbonyl (C=O) groups excluding carboxylic acids is 4. The van der Waals surface area contributed by atoms with Gasteiger partial charge >= 0.3 is 17.9 Å². The fraction of sp³-hybridized carbons (Fsp3) is 0.448. The molecule has 0 N–H and O–H groups in total. The summed E-state index contributed by atoms with van der Waals surface area (Å²) >= 11 is 0. The third kappa shape index (κ3) is 9.90. The fourth-order valence-corrected chi connectivity index (χ4v) is 2.81. The molecule has 0 saturated heterocycles. The van der Waals surface area contributed by atoms with Crippen molar-refractivity contribution in [2.24, 2.45) is 0 Å². The van der Waals surface area contributed by atoms with Gasteiger partial charge in [-0.15, -0.1) is 0 Å². The lowest BCUT2D eigenvalue weighted by molar-refractivity contribution is -0.303. The molecule has 10 heteroatoms. The molecule has 0 heterocycles. The number of hydrogen-bond acceptors (Lipinski definition) is 10. The van der Waals surface area contributed by atoms with E-state index in [2.05, 4.69) is 0 Å². The SMILES string of the molecule is Cc1ccc(C(=O)c2cc(C(=O)OOC(C)(C)C)c(C(=O)OOC(C)(C)C)c(C(=O)OOC(C)(C)C)c2)cc1. The van der Waals surface area contributed by atoms with E-state index < -0.39 is 57.2 Å². The largest absolute Gasteiger partial charge is 0.374 e. The average Bonchev–Trinajstić information content (AvgIpc) is 2.82. The van der Waals surface area contributed by atoms with Crippen LogP contribution in [0.1, 0.15) is 115 Å². The highest BCUT2D eigenvalue weighted by Gasteiger charge is 2.33. The van der Waals surface area contributed by atoms with E-state index in [1.165, 1.54) is 0 Å². The van der Waals surface area contributed by atoms with Gasteiger partial charge in [-0.05, 0) is 81.4 Å². The molecule has 0 unspecified atom stereocenters. The number of aryl methyl sites for hydroxylation is 1. The maximum absolute atomic E-state index is 13.4.